The number of hydrogen-bond donors (Lipinski definition) is 2. The number of allylic oxidation sites excluding steroid dienone is 10. The van der Waals surface area contributed by atoms with Crippen molar-refractivity contribution in [3.05, 3.63) is 60.8 Å². The van der Waals surface area contributed by atoms with Crippen LogP contribution in [0.3, 0.4) is 0 Å². The van der Waals surface area contributed by atoms with Gasteiger partial charge in [0.1, 0.15) is 12.6 Å². The van der Waals surface area contributed by atoms with Gasteiger partial charge in [-0.2, -0.15) is 0 Å². The molecule has 274 valence electrons. The van der Waals surface area contributed by atoms with Crippen molar-refractivity contribution < 1.29 is 24.2 Å². The number of rotatable bonds is 34. The fraction of sp³-hybridized carbons (Fsp3) is 0.690. The third-order valence-electron chi connectivity index (χ3n) is 8.20. The second-order valence-corrected chi connectivity index (χ2v) is 12.8. The lowest BCUT2D eigenvalue weighted by atomic mass is 10.0. The summed E-state index contributed by atoms with van der Waals surface area (Å²) in [6, 6.07) is 0. The Morgan fingerprint density at radius 2 is 1.02 bits per heavy atom. The second-order valence-electron chi connectivity index (χ2n) is 12.8. The Morgan fingerprint density at radius 3 is 1.56 bits per heavy atom. The lowest BCUT2D eigenvalue weighted by Crippen LogP contribution is -2.28. The van der Waals surface area contributed by atoms with E-state index in [1.54, 1.807) is 0 Å². The summed E-state index contributed by atoms with van der Waals surface area (Å²) in [5.74, 6) is -1.29. The molecule has 0 saturated heterocycles. The van der Waals surface area contributed by atoms with Gasteiger partial charge in [0.25, 0.3) is 0 Å². The summed E-state index contributed by atoms with van der Waals surface area (Å²) in [7, 11) is 0. The Labute approximate surface area is 294 Å². The van der Waals surface area contributed by atoms with E-state index in [1.807, 2.05) is 0 Å². The molecular formula is C42H71NO5. The molecule has 0 fully saturated rings. The molecule has 0 radical (unpaired) electrons. The SMILES string of the molecule is CC/C=C\C/C=C\C/C=C\C/C=C\C/C=C\CCCCCCCC(=O)OC(CCCCCCCC)CCCCCCC(=O)NCC(=O)O. The molecule has 0 aliphatic rings. The number of carboxylic acids is 1. The van der Waals surface area contributed by atoms with Crippen LogP contribution in [0.5, 0.6) is 0 Å². The van der Waals surface area contributed by atoms with E-state index in [2.05, 4.69) is 79.9 Å². The first-order valence-corrected chi connectivity index (χ1v) is 19.4. The van der Waals surface area contributed by atoms with Crippen LogP contribution in [0.1, 0.15) is 174 Å². The molecule has 6 nitrogen and oxygen atoms in total. The average Bonchev–Trinajstić information content (AvgIpc) is 3.07. The van der Waals surface area contributed by atoms with Gasteiger partial charge in [-0.1, -0.05) is 139 Å². The molecule has 0 aromatic carbocycles. The van der Waals surface area contributed by atoms with Crippen molar-refractivity contribution in [3.63, 3.8) is 0 Å². The first-order valence-electron chi connectivity index (χ1n) is 19.4. The van der Waals surface area contributed by atoms with Gasteiger partial charge in [0.15, 0.2) is 0 Å². The third kappa shape index (κ3) is 36.0. The first-order chi connectivity index (χ1) is 23.5. The highest BCUT2D eigenvalue weighted by molar-refractivity contribution is 5.80. The summed E-state index contributed by atoms with van der Waals surface area (Å²) in [4.78, 5) is 34.8. The zero-order valence-electron chi connectivity index (χ0n) is 30.8. The van der Waals surface area contributed by atoms with E-state index in [9.17, 15) is 14.4 Å². The second kappa shape index (κ2) is 36.9. The van der Waals surface area contributed by atoms with Crippen molar-refractivity contribution in [2.75, 3.05) is 6.54 Å². The van der Waals surface area contributed by atoms with Crippen molar-refractivity contribution in [2.24, 2.45) is 0 Å². The van der Waals surface area contributed by atoms with Crippen molar-refractivity contribution >= 4 is 17.8 Å². The van der Waals surface area contributed by atoms with Crippen LogP contribution in [0.25, 0.3) is 0 Å². The molecule has 1 amide bonds. The number of aliphatic carboxylic acids is 1. The fourth-order valence-electron chi connectivity index (χ4n) is 5.36. The van der Waals surface area contributed by atoms with E-state index in [4.69, 9.17) is 9.84 Å². The minimum atomic E-state index is -1.03. The summed E-state index contributed by atoms with van der Waals surface area (Å²) in [5.41, 5.74) is 0. The van der Waals surface area contributed by atoms with Crippen LogP contribution in [0.15, 0.2) is 60.8 Å². The quantitative estimate of drug-likeness (QED) is 0.0404. The summed E-state index contributed by atoms with van der Waals surface area (Å²) in [5, 5.41) is 11.1. The summed E-state index contributed by atoms with van der Waals surface area (Å²) < 4.78 is 5.94. The monoisotopic (exact) mass is 670 g/mol. The van der Waals surface area contributed by atoms with Gasteiger partial charge in [-0.3, -0.25) is 14.4 Å². The van der Waals surface area contributed by atoms with E-state index in [0.29, 0.717) is 12.8 Å². The van der Waals surface area contributed by atoms with E-state index in [1.165, 1.54) is 44.9 Å². The van der Waals surface area contributed by atoms with Crippen LogP contribution >= 0.6 is 0 Å². The number of carbonyl (C=O) groups is 3. The number of nitrogens with one attached hydrogen (secondary N) is 1. The van der Waals surface area contributed by atoms with Gasteiger partial charge < -0.3 is 15.2 Å². The minimum Gasteiger partial charge on any atom is -0.480 e. The van der Waals surface area contributed by atoms with E-state index in [-0.39, 0.29) is 24.5 Å². The topological polar surface area (TPSA) is 92.7 Å². The Balaban J connectivity index is 4.02. The molecule has 0 spiro atoms. The predicted octanol–water partition coefficient (Wildman–Crippen LogP) is 11.7. The Morgan fingerprint density at radius 1 is 0.562 bits per heavy atom. The average molecular weight is 670 g/mol. The van der Waals surface area contributed by atoms with Gasteiger partial charge in [-0.05, 0) is 83.5 Å². The number of unbranched alkanes of at least 4 members (excludes halogenated alkanes) is 13. The van der Waals surface area contributed by atoms with E-state index >= 15 is 0 Å². The van der Waals surface area contributed by atoms with Crippen LogP contribution in [-0.4, -0.2) is 35.6 Å². The highest BCUT2D eigenvalue weighted by atomic mass is 16.5. The van der Waals surface area contributed by atoms with Gasteiger partial charge in [-0.15, -0.1) is 0 Å². The number of amides is 1. The zero-order chi connectivity index (χ0) is 35.2. The van der Waals surface area contributed by atoms with Crippen molar-refractivity contribution in [1.82, 2.24) is 5.32 Å². The van der Waals surface area contributed by atoms with Crippen molar-refractivity contribution in [3.8, 4) is 0 Å². The molecule has 0 aliphatic heterocycles. The standard InChI is InChI=1S/C42H71NO5/c1-3-5-7-9-11-12-13-14-15-16-17-18-19-20-21-22-23-24-25-27-33-37-42(47)48-39(34-30-26-10-8-6-4-2)35-31-28-29-32-36-40(44)43-38-41(45)46/h5,7,11-12,14-15,17-18,20-21,39H,3-4,6,8-10,13,16,19,22-38H2,1-2H3,(H,43,44)(H,45,46)/b7-5-,12-11-,15-14-,18-17-,21-20-. The summed E-state index contributed by atoms with van der Waals surface area (Å²) >= 11 is 0. The molecule has 0 heterocycles. The lowest BCUT2D eigenvalue weighted by molar-refractivity contribution is -0.150. The Kier molecular flexibility index (Phi) is 34.7. The van der Waals surface area contributed by atoms with Crippen LogP contribution in [0.4, 0.5) is 0 Å². The molecule has 0 aromatic rings. The van der Waals surface area contributed by atoms with Gasteiger partial charge in [0.2, 0.25) is 5.91 Å². The molecule has 0 aromatic heterocycles. The number of carbonyl (C=O) groups excluding carboxylic acids is 2. The smallest absolute Gasteiger partial charge is 0.322 e. The highest BCUT2D eigenvalue weighted by Gasteiger charge is 2.14. The maximum Gasteiger partial charge on any atom is 0.322 e. The first kappa shape index (κ1) is 45.1. The van der Waals surface area contributed by atoms with Gasteiger partial charge >= 0.3 is 11.9 Å². The lowest BCUT2D eigenvalue weighted by Gasteiger charge is -2.18. The number of hydrogen-bond acceptors (Lipinski definition) is 4. The zero-order valence-corrected chi connectivity index (χ0v) is 30.8. The number of esters is 1. The van der Waals surface area contributed by atoms with Crippen molar-refractivity contribution in [1.29, 1.82) is 0 Å². The largest absolute Gasteiger partial charge is 0.480 e. The molecular weight excluding hydrogens is 598 g/mol. The molecule has 0 aliphatic carbocycles. The Bertz CT molecular complexity index is 917. The normalized spacial score (nSPS) is 12.7. The Hall–Kier alpha value is -2.89. The van der Waals surface area contributed by atoms with E-state index < -0.39 is 5.97 Å². The van der Waals surface area contributed by atoms with Gasteiger partial charge in [-0.25, -0.2) is 0 Å². The van der Waals surface area contributed by atoms with Gasteiger partial charge in [0.05, 0.1) is 0 Å². The van der Waals surface area contributed by atoms with Crippen LogP contribution in [0, 0.1) is 0 Å². The molecule has 2 N–H and O–H groups in total. The maximum atomic E-state index is 12.6. The molecule has 1 atom stereocenters. The van der Waals surface area contributed by atoms with E-state index in [0.717, 1.165) is 103 Å². The third-order valence-corrected chi connectivity index (χ3v) is 8.20. The molecule has 0 bridgehead atoms. The van der Waals surface area contributed by atoms with Crippen molar-refractivity contribution in [2.45, 2.75) is 180 Å². The van der Waals surface area contributed by atoms with Crippen LogP contribution in [-0.2, 0) is 19.1 Å². The van der Waals surface area contributed by atoms with Gasteiger partial charge in [0, 0.05) is 12.8 Å². The number of ether oxygens (including phenoxy) is 1. The molecule has 48 heavy (non-hydrogen) atoms. The fourth-order valence-corrected chi connectivity index (χ4v) is 5.36. The predicted molar refractivity (Wildman–Crippen MR) is 203 cm³/mol. The number of carboxylic acid groups (broad SMARTS) is 1. The van der Waals surface area contributed by atoms with Crippen LogP contribution in [0.2, 0.25) is 0 Å². The molecule has 0 saturated carbocycles. The molecule has 0 rings (SSSR count). The minimum absolute atomic E-state index is 0.00832. The summed E-state index contributed by atoms with van der Waals surface area (Å²) in [6.07, 6.45) is 47.7. The molecule has 6 heteroatoms. The highest BCUT2D eigenvalue weighted by Crippen LogP contribution is 2.18. The summed E-state index contributed by atoms with van der Waals surface area (Å²) in [6.45, 7) is 4.06. The molecule has 1 unspecified atom stereocenters. The van der Waals surface area contributed by atoms with Crippen LogP contribution < -0.4 is 5.32 Å². The maximum absolute atomic E-state index is 12.6.